The molecule has 16 heteroatoms. The molecular formula is C30H32F6N6O4. The number of hydrogen-bond donors (Lipinski definition) is 0. The average molecular weight is 655 g/mol. The molecule has 0 amide bonds. The Hall–Kier alpha value is -3.92. The number of fused-ring (bicyclic) bond motifs is 2. The lowest BCUT2D eigenvalue weighted by Gasteiger charge is -2.32. The number of piperidine rings is 2. The van der Waals surface area contributed by atoms with E-state index in [0.29, 0.717) is 23.2 Å². The standard InChI is InChI=1S/C30H32F6N6O4/c1-39(15-23-5-17-7-25(17)41(23)21-9-19(11-37-13-21)29(31,32)33)45-27(43)3-4-28(44)46-40(2)16-24-6-18-8-26(18)42(24)22-10-20(12-38-14-22)30(34,35)36/h3-4,9-14,17-18,23-26H,5-8,15-16H2,1-2H3/b4-3+. The fraction of sp³-hybridized carbons (Fsp3) is 0.533. The van der Waals surface area contributed by atoms with E-state index < -0.39 is 35.4 Å². The maximum atomic E-state index is 13.2. The third-order valence-electron chi connectivity index (χ3n) is 8.90. The van der Waals surface area contributed by atoms with Crippen LogP contribution in [0.4, 0.5) is 37.7 Å². The van der Waals surface area contributed by atoms with Crippen molar-refractivity contribution in [1.29, 1.82) is 0 Å². The van der Waals surface area contributed by atoms with Gasteiger partial charge in [0.05, 0.1) is 48.0 Å². The zero-order valence-electron chi connectivity index (χ0n) is 24.9. The Balaban J connectivity index is 0.984. The average Bonchev–Trinajstić information content (AvgIpc) is 3.85. The zero-order chi connectivity index (χ0) is 33.0. The molecule has 2 aliphatic heterocycles. The number of alkyl halides is 6. The molecule has 4 fully saturated rings. The number of carbonyl (C=O) groups is 2. The summed E-state index contributed by atoms with van der Waals surface area (Å²) in [6.45, 7) is 0.439. The predicted molar refractivity (Wildman–Crippen MR) is 151 cm³/mol. The molecule has 6 rings (SSSR count). The minimum absolute atomic E-state index is 0.106. The Bertz CT molecular complexity index is 1400. The fourth-order valence-corrected chi connectivity index (χ4v) is 6.87. The van der Waals surface area contributed by atoms with Gasteiger partial charge < -0.3 is 19.5 Å². The first-order valence-electron chi connectivity index (χ1n) is 14.8. The molecule has 0 aromatic carbocycles. The molecule has 6 unspecified atom stereocenters. The van der Waals surface area contributed by atoms with Gasteiger partial charge in [0.15, 0.2) is 0 Å². The lowest BCUT2D eigenvalue weighted by molar-refractivity contribution is -0.181. The second-order valence-electron chi connectivity index (χ2n) is 12.4. The van der Waals surface area contributed by atoms with Crippen LogP contribution in [0, 0.1) is 11.8 Å². The van der Waals surface area contributed by atoms with Gasteiger partial charge in [-0.1, -0.05) is 0 Å². The number of rotatable bonds is 10. The van der Waals surface area contributed by atoms with Gasteiger partial charge in [-0.25, -0.2) is 9.59 Å². The van der Waals surface area contributed by atoms with E-state index in [1.807, 2.05) is 9.80 Å². The largest absolute Gasteiger partial charge is 0.417 e. The van der Waals surface area contributed by atoms with Crippen LogP contribution in [0.1, 0.15) is 36.8 Å². The summed E-state index contributed by atoms with van der Waals surface area (Å²) in [5.74, 6) is -1.01. The summed E-state index contributed by atoms with van der Waals surface area (Å²) in [5, 5.41) is 2.55. The van der Waals surface area contributed by atoms with Crippen LogP contribution in [0.2, 0.25) is 0 Å². The summed E-state index contributed by atoms with van der Waals surface area (Å²) in [7, 11) is 3.03. The summed E-state index contributed by atoms with van der Waals surface area (Å²) in [6.07, 6.45) is 0.327. The summed E-state index contributed by atoms with van der Waals surface area (Å²) in [5.41, 5.74) is -0.942. The summed E-state index contributed by atoms with van der Waals surface area (Å²) >= 11 is 0. The highest BCUT2D eigenvalue weighted by Gasteiger charge is 2.53. The molecule has 0 spiro atoms. The van der Waals surface area contributed by atoms with Crippen LogP contribution in [0.15, 0.2) is 49.1 Å². The van der Waals surface area contributed by atoms with Crippen LogP contribution < -0.4 is 9.80 Å². The van der Waals surface area contributed by atoms with E-state index >= 15 is 0 Å². The van der Waals surface area contributed by atoms with E-state index in [2.05, 4.69) is 9.97 Å². The van der Waals surface area contributed by atoms with Crippen molar-refractivity contribution in [3.63, 3.8) is 0 Å². The van der Waals surface area contributed by atoms with Crippen LogP contribution in [0.3, 0.4) is 0 Å². The van der Waals surface area contributed by atoms with Crippen molar-refractivity contribution in [3.8, 4) is 0 Å². The van der Waals surface area contributed by atoms with Gasteiger partial charge in [-0.2, -0.15) is 26.3 Å². The SMILES string of the molecule is CN(CC1CC2CC2N1c1cncc(C(F)(F)F)c1)OC(=O)/C=C/C(=O)ON(C)CC1CC2CC2N1c1cncc(C(F)(F)F)c1. The van der Waals surface area contributed by atoms with Crippen molar-refractivity contribution in [3.05, 3.63) is 60.2 Å². The van der Waals surface area contributed by atoms with Gasteiger partial charge in [0.1, 0.15) is 0 Å². The molecule has 248 valence electrons. The zero-order valence-corrected chi connectivity index (χ0v) is 24.9. The maximum absolute atomic E-state index is 13.2. The molecule has 2 aliphatic carbocycles. The summed E-state index contributed by atoms with van der Waals surface area (Å²) in [6, 6.07) is 1.95. The van der Waals surface area contributed by atoms with Gasteiger partial charge in [0, 0.05) is 62.8 Å². The van der Waals surface area contributed by atoms with Gasteiger partial charge in [-0.15, -0.1) is 10.1 Å². The highest BCUT2D eigenvalue weighted by Crippen LogP contribution is 2.51. The van der Waals surface area contributed by atoms with E-state index in [1.54, 1.807) is 0 Å². The van der Waals surface area contributed by atoms with Crippen LogP contribution in [-0.4, -0.2) is 83.4 Å². The number of aromatic nitrogens is 2. The van der Waals surface area contributed by atoms with Gasteiger partial charge in [-0.3, -0.25) is 9.97 Å². The van der Waals surface area contributed by atoms with E-state index in [0.717, 1.165) is 62.4 Å². The summed E-state index contributed by atoms with van der Waals surface area (Å²) < 4.78 is 79.4. The van der Waals surface area contributed by atoms with Crippen molar-refractivity contribution in [1.82, 2.24) is 20.1 Å². The first kappa shape index (κ1) is 32.0. The minimum atomic E-state index is -4.52. The van der Waals surface area contributed by atoms with Crippen molar-refractivity contribution in [2.75, 3.05) is 37.0 Å². The first-order valence-corrected chi connectivity index (χ1v) is 14.8. The van der Waals surface area contributed by atoms with Crippen LogP contribution in [0.5, 0.6) is 0 Å². The van der Waals surface area contributed by atoms with Gasteiger partial charge >= 0.3 is 24.3 Å². The maximum Gasteiger partial charge on any atom is 0.417 e. The number of halogens is 6. The number of hydroxylamine groups is 4. The van der Waals surface area contributed by atoms with E-state index in [-0.39, 0.29) is 37.3 Å². The molecule has 0 N–H and O–H groups in total. The Kier molecular flexibility index (Phi) is 8.38. The topological polar surface area (TPSA) is 91.3 Å². The van der Waals surface area contributed by atoms with Gasteiger partial charge in [-0.05, 0) is 49.7 Å². The molecule has 46 heavy (non-hydrogen) atoms. The molecule has 2 saturated carbocycles. The second kappa shape index (κ2) is 12.0. The summed E-state index contributed by atoms with van der Waals surface area (Å²) in [4.78, 5) is 46.7. The highest BCUT2D eigenvalue weighted by atomic mass is 19.4. The molecule has 2 aromatic heterocycles. The molecule has 2 saturated heterocycles. The van der Waals surface area contributed by atoms with E-state index in [9.17, 15) is 35.9 Å². The normalized spacial score (nSPS) is 26.9. The van der Waals surface area contributed by atoms with Gasteiger partial charge in [0.2, 0.25) is 0 Å². The lowest BCUT2D eigenvalue weighted by atomic mass is 10.1. The third-order valence-corrected chi connectivity index (χ3v) is 8.90. The van der Waals surface area contributed by atoms with Crippen molar-refractivity contribution in [2.45, 2.75) is 62.2 Å². The Morgan fingerprint density at radius 3 is 1.50 bits per heavy atom. The Labute approximate surface area is 260 Å². The van der Waals surface area contributed by atoms with Crippen LogP contribution >= 0.6 is 0 Å². The molecular weight excluding hydrogens is 622 g/mol. The van der Waals surface area contributed by atoms with Crippen molar-refractivity contribution in [2.24, 2.45) is 11.8 Å². The van der Waals surface area contributed by atoms with Crippen molar-refractivity contribution < 1.29 is 45.6 Å². The second-order valence-corrected chi connectivity index (χ2v) is 12.4. The number of pyridine rings is 2. The molecule has 0 bridgehead atoms. The monoisotopic (exact) mass is 654 g/mol. The molecule has 2 aromatic rings. The lowest BCUT2D eigenvalue weighted by Crippen LogP contribution is -2.42. The predicted octanol–water partition coefficient (Wildman–Crippen LogP) is 4.49. The molecule has 10 nitrogen and oxygen atoms in total. The van der Waals surface area contributed by atoms with Gasteiger partial charge in [0.25, 0.3) is 0 Å². The Morgan fingerprint density at radius 1 is 0.739 bits per heavy atom. The number of anilines is 2. The smallest absolute Gasteiger partial charge is 0.365 e. The number of likely N-dealkylation sites (N-methyl/N-ethyl adjacent to an activating group) is 2. The minimum Gasteiger partial charge on any atom is -0.365 e. The van der Waals surface area contributed by atoms with Crippen LogP contribution in [0.25, 0.3) is 0 Å². The van der Waals surface area contributed by atoms with E-state index in [1.165, 1.54) is 36.6 Å². The number of carbonyl (C=O) groups excluding carboxylic acids is 2. The van der Waals surface area contributed by atoms with Crippen LogP contribution in [-0.2, 0) is 31.6 Å². The molecule has 4 aliphatic rings. The van der Waals surface area contributed by atoms with Crippen molar-refractivity contribution >= 4 is 23.3 Å². The number of hydrogen-bond acceptors (Lipinski definition) is 10. The van der Waals surface area contributed by atoms with E-state index in [4.69, 9.17) is 9.68 Å². The number of nitrogens with zero attached hydrogens (tertiary/aromatic N) is 6. The third kappa shape index (κ3) is 7.07. The molecule has 0 radical (unpaired) electrons. The quantitative estimate of drug-likeness (QED) is 0.208. The Morgan fingerprint density at radius 2 is 1.13 bits per heavy atom. The molecule has 4 heterocycles. The first-order chi connectivity index (χ1) is 21.7. The highest BCUT2D eigenvalue weighted by molar-refractivity contribution is 5.91. The fourth-order valence-electron chi connectivity index (χ4n) is 6.87. The molecule has 6 atom stereocenters.